The van der Waals surface area contributed by atoms with Crippen LogP contribution in [-0.4, -0.2) is 18.0 Å². The van der Waals surface area contributed by atoms with Crippen molar-refractivity contribution in [2.75, 3.05) is 7.11 Å². The van der Waals surface area contributed by atoms with Gasteiger partial charge in [0.1, 0.15) is 11.5 Å². The van der Waals surface area contributed by atoms with E-state index < -0.39 is 5.91 Å². The molecule has 0 saturated heterocycles. The first-order valence-corrected chi connectivity index (χ1v) is 9.16. The van der Waals surface area contributed by atoms with Crippen LogP contribution in [0.5, 0.6) is 5.75 Å². The highest BCUT2D eigenvalue weighted by Crippen LogP contribution is 2.56. The maximum absolute atomic E-state index is 11.8. The van der Waals surface area contributed by atoms with Crippen molar-refractivity contribution in [3.63, 3.8) is 0 Å². The number of primary amides is 1. The van der Waals surface area contributed by atoms with E-state index in [1.807, 2.05) is 19.1 Å². The van der Waals surface area contributed by atoms with Crippen molar-refractivity contribution < 1.29 is 13.9 Å². The number of rotatable bonds is 2. The molecule has 0 radical (unpaired) electrons. The van der Waals surface area contributed by atoms with Crippen molar-refractivity contribution in [3.8, 4) is 5.75 Å². The highest BCUT2D eigenvalue weighted by atomic mass is 16.5. The topological polar surface area (TPSA) is 78.4 Å². The molecule has 2 aliphatic carbocycles. The summed E-state index contributed by atoms with van der Waals surface area (Å²) in [6.07, 6.45) is 2.80. The van der Waals surface area contributed by atoms with Crippen LogP contribution in [-0.2, 0) is 23.7 Å². The Kier molecular flexibility index (Phi) is 3.52. The Morgan fingerprint density at radius 1 is 1.35 bits per heavy atom. The Hall–Kier alpha value is -2.30. The van der Waals surface area contributed by atoms with Crippen LogP contribution in [0.15, 0.2) is 16.5 Å². The number of nitrogens with two attached hydrogens (primary N) is 1. The number of amides is 1. The van der Waals surface area contributed by atoms with Crippen molar-refractivity contribution in [2.24, 2.45) is 11.7 Å². The lowest BCUT2D eigenvalue weighted by Gasteiger charge is -2.52. The second-order valence-corrected chi connectivity index (χ2v) is 8.49. The van der Waals surface area contributed by atoms with Crippen LogP contribution < -0.4 is 10.5 Å². The lowest BCUT2D eigenvalue weighted by atomic mass is 9.51. The zero-order chi connectivity index (χ0) is 18.9. The second-order valence-electron chi connectivity index (χ2n) is 8.49. The summed E-state index contributed by atoms with van der Waals surface area (Å²) < 4.78 is 11.5. The van der Waals surface area contributed by atoms with Crippen LogP contribution in [0.2, 0.25) is 0 Å². The van der Waals surface area contributed by atoms with Crippen LogP contribution in [0.25, 0.3) is 0 Å². The lowest BCUT2D eigenvalue weighted by molar-refractivity contribution is 0.0995. The molecule has 2 aromatic rings. The standard InChI is InChI=1S/C21H26N2O3/c1-11-23-15-10-21(4)14-9-16(25-5)13(19(22)24)8-12(14)6-7-17(21)20(2,3)18(15)26-11/h8-9,17H,6-7,10H2,1-5H3,(H2,22,24)/t17-,21+/m0/s1. The molecule has 2 aliphatic rings. The lowest BCUT2D eigenvalue weighted by Crippen LogP contribution is -2.51. The molecule has 1 aromatic carbocycles. The van der Waals surface area contributed by atoms with Gasteiger partial charge in [-0.1, -0.05) is 20.8 Å². The number of aromatic nitrogens is 1. The molecule has 1 heterocycles. The Labute approximate surface area is 153 Å². The molecule has 0 saturated carbocycles. The van der Waals surface area contributed by atoms with E-state index >= 15 is 0 Å². The van der Waals surface area contributed by atoms with Crippen molar-refractivity contribution >= 4 is 5.91 Å². The number of hydrogen-bond donors (Lipinski definition) is 1. The maximum Gasteiger partial charge on any atom is 0.252 e. The minimum atomic E-state index is -0.449. The first-order chi connectivity index (χ1) is 12.2. The number of methoxy groups -OCH3 is 1. The van der Waals surface area contributed by atoms with Crippen LogP contribution in [0.3, 0.4) is 0 Å². The van der Waals surface area contributed by atoms with Gasteiger partial charge in [0.05, 0.1) is 18.4 Å². The number of hydrogen-bond acceptors (Lipinski definition) is 4. The number of carbonyl (C=O) groups is 1. The molecule has 138 valence electrons. The van der Waals surface area contributed by atoms with Crippen molar-refractivity contribution in [2.45, 2.75) is 57.8 Å². The van der Waals surface area contributed by atoms with E-state index in [2.05, 4.69) is 25.8 Å². The van der Waals surface area contributed by atoms with E-state index in [9.17, 15) is 4.79 Å². The Morgan fingerprint density at radius 3 is 2.73 bits per heavy atom. The van der Waals surface area contributed by atoms with Crippen molar-refractivity contribution in [3.05, 3.63) is 46.2 Å². The monoisotopic (exact) mass is 354 g/mol. The minimum Gasteiger partial charge on any atom is -0.496 e. The third-order valence-corrected chi connectivity index (χ3v) is 6.57. The molecule has 0 spiro atoms. The van der Waals surface area contributed by atoms with Crippen LogP contribution in [0.4, 0.5) is 0 Å². The van der Waals surface area contributed by atoms with Crippen LogP contribution >= 0.6 is 0 Å². The third kappa shape index (κ3) is 2.15. The molecule has 0 aliphatic heterocycles. The number of fused-ring (bicyclic) bond motifs is 4. The molecular weight excluding hydrogens is 328 g/mol. The highest BCUT2D eigenvalue weighted by Gasteiger charge is 2.54. The number of carbonyl (C=O) groups excluding carboxylic acids is 1. The number of nitrogens with zero attached hydrogens (tertiary/aromatic N) is 1. The van der Waals surface area contributed by atoms with Gasteiger partial charge in [0.2, 0.25) is 0 Å². The summed E-state index contributed by atoms with van der Waals surface area (Å²) in [5.74, 6) is 2.29. The fourth-order valence-corrected chi connectivity index (χ4v) is 5.51. The van der Waals surface area contributed by atoms with E-state index in [0.29, 0.717) is 17.2 Å². The molecule has 0 unspecified atom stereocenters. The predicted molar refractivity (Wildman–Crippen MR) is 98.6 cm³/mol. The first kappa shape index (κ1) is 17.1. The fraction of sp³-hybridized carbons (Fsp3) is 0.524. The molecule has 0 bridgehead atoms. The average molecular weight is 354 g/mol. The smallest absolute Gasteiger partial charge is 0.252 e. The van der Waals surface area contributed by atoms with E-state index in [1.54, 1.807) is 7.11 Å². The predicted octanol–water partition coefficient (Wildman–Crippen LogP) is 3.44. The van der Waals surface area contributed by atoms with Gasteiger partial charge >= 0.3 is 0 Å². The third-order valence-electron chi connectivity index (χ3n) is 6.57. The molecule has 2 N–H and O–H groups in total. The Balaban J connectivity index is 1.93. The molecule has 4 rings (SSSR count). The Bertz CT molecular complexity index is 912. The van der Waals surface area contributed by atoms with E-state index in [-0.39, 0.29) is 10.8 Å². The summed E-state index contributed by atoms with van der Waals surface area (Å²) in [5.41, 5.74) is 9.32. The van der Waals surface area contributed by atoms with Gasteiger partial charge in [-0.25, -0.2) is 4.98 Å². The fourth-order valence-electron chi connectivity index (χ4n) is 5.51. The summed E-state index contributed by atoms with van der Waals surface area (Å²) >= 11 is 0. The minimum absolute atomic E-state index is 0.0865. The van der Waals surface area contributed by atoms with E-state index in [1.165, 1.54) is 11.1 Å². The average Bonchev–Trinajstić information content (AvgIpc) is 2.94. The van der Waals surface area contributed by atoms with Crippen LogP contribution in [0, 0.1) is 12.8 Å². The summed E-state index contributed by atoms with van der Waals surface area (Å²) in [5, 5.41) is 0. The van der Waals surface area contributed by atoms with Crippen LogP contribution in [0.1, 0.15) is 66.0 Å². The molecule has 26 heavy (non-hydrogen) atoms. The van der Waals surface area contributed by atoms with Gasteiger partial charge in [-0.05, 0) is 42.0 Å². The molecule has 5 nitrogen and oxygen atoms in total. The molecule has 5 heteroatoms. The van der Waals surface area contributed by atoms with Crippen molar-refractivity contribution in [1.82, 2.24) is 4.98 Å². The zero-order valence-electron chi connectivity index (χ0n) is 16.1. The van der Waals surface area contributed by atoms with Gasteiger partial charge in [-0.3, -0.25) is 4.79 Å². The summed E-state index contributed by atoms with van der Waals surface area (Å²) in [7, 11) is 1.58. The molecular formula is C21H26N2O3. The summed E-state index contributed by atoms with van der Waals surface area (Å²) in [6, 6.07) is 3.95. The van der Waals surface area contributed by atoms with E-state index in [4.69, 9.17) is 14.9 Å². The number of oxazole rings is 1. The number of ether oxygens (including phenoxy) is 1. The van der Waals surface area contributed by atoms with Gasteiger partial charge in [-0.15, -0.1) is 0 Å². The molecule has 1 aromatic heterocycles. The number of benzene rings is 1. The van der Waals surface area contributed by atoms with E-state index in [0.717, 1.165) is 36.6 Å². The Morgan fingerprint density at radius 2 is 2.08 bits per heavy atom. The van der Waals surface area contributed by atoms with Gasteiger partial charge in [0.25, 0.3) is 5.91 Å². The van der Waals surface area contributed by atoms with Gasteiger partial charge in [-0.2, -0.15) is 0 Å². The zero-order valence-corrected chi connectivity index (χ0v) is 16.1. The second kappa shape index (κ2) is 5.35. The highest BCUT2D eigenvalue weighted by molar-refractivity contribution is 5.96. The molecule has 2 atom stereocenters. The van der Waals surface area contributed by atoms with Crippen molar-refractivity contribution in [1.29, 1.82) is 0 Å². The summed E-state index contributed by atoms with van der Waals surface area (Å²) in [6.45, 7) is 8.75. The maximum atomic E-state index is 11.8. The molecule has 0 fully saturated rings. The van der Waals surface area contributed by atoms with Gasteiger partial charge < -0.3 is 14.9 Å². The van der Waals surface area contributed by atoms with Gasteiger partial charge in [0, 0.05) is 24.2 Å². The molecule has 1 amide bonds. The number of aryl methyl sites for hydroxylation is 2. The largest absolute Gasteiger partial charge is 0.496 e. The quantitative estimate of drug-likeness (QED) is 0.896. The SMILES string of the molecule is COc1cc2c(cc1C(N)=O)CC[C@H]1C(C)(C)c3oc(C)nc3C[C@]21C. The van der Waals surface area contributed by atoms with Gasteiger partial charge in [0.15, 0.2) is 5.89 Å². The normalized spacial score (nSPS) is 25.8. The summed E-state index contributed by atoms with van der Waals surface area (Å²) in [4.78, 5) is 16.5. The first-order valence-electron chi connectivity index (χ1n) is 9.16.